The second-order valence-corrected chi connectivity index (χ2v) is 8.26. The summed E-state index contributed by atoms with van der Waals surface area (Å²) >= 11 is 0. The number of likely N-dealkylation sites (tertiary alicyclic amines) is 1. The molecule has 0 aromatic heterocycles. The van der Waals surface area contributed by atoms with E-state index in [1.165, 1.54) is 4.90 Å². The Labute approximate surface area is 206 Å². The highest BCUT2D eigenvalue weighted by atomic mass is 16.5. The van der Waals surface area contributed by atoms with E-state index in [2.05, 4.69) is 6.58 Å². The molecule has 1 amide bonds. The van der Waals surface area contributed by atoms with Crippen molar-refractivity contribution in [3.8, 4) is 17.2 Å². The van der Waals surface area contributed by atoms with Crippen molar-refractivity contribution >= 4 is 17.4 Å². The minimum absolute atomic E-state index is 0.0288. The third-order valence-electron chi connectivity index (χ3n) is 5.63. The van der Waals surface area contributed by atoms with Gasteiger partial charge in [0.25, 0.3) is 11.7 Å². The molecule has 0 radical (unpaired) electrons. The lowest BCUT2D eigenvalue weighted by Gasteiger charge is -2.27. The van der Waals surface area contributed by atoms with Gasteiger partial charge in [-0.25, -0.2) is 0 Å². The highest BCUT2D eigenvalue weighted by Gasteiger charge is 2.46. The number of benzene rings is 2. The van der Waals surface area contributed by atoms with E-state index in [-0.39, 0.29) is 11.3 Å². The van der Waals surface area contributed by atoms with Crippen LogP contribution in [0.2, 0.25) is 0 Å². The van der Waals surface area contributed by atoms with Crippen molar-refractivity contribution in [2.75, 3.05) is 47.5 Å². The Morgan fingerprint density at radius 3 is 2.43 bits per heavy atom. The summed E-state index contributed by atoms with van der Waals surface area (Å²) in [5, 5.41) is 11.2. The quantitative estimate of drug-likeness (QED) is 0.227. The van der Waals surface area contributed by atoms with Gasteiger partial charge in [-0.1, -0.05) is 18.7 Å². The molecule has 0 saturated carbocycles. The Hall–Kier alpha value is -3.78. The number of aliphatic hydroxyl groups is 1. The lowest BCUT2D eigenvalue weighted by Crippen LogP contribution is -2.35. The monoisotopic (exact) mass is 480 g/mol. The predicted octanol–water partition coefficient (Wildman–Crippen LogP) is 3.64. The molecular formula is C27H32N2O6. The molecule has 35 heavy (non-hydrogen) atoms. The number of hydrogen-bond donors (Lipinski definition) is 1. The van der Waals surface area contributed by atoms with Crippen molar-refractivity contribution in [3.63, 3.8) is 0 Å². The Kier molecular flexibility index (Phi) is 8.54. The average Bonchev–Trinajstić information content (AvgIpc) is 3.11. The summed E-state index contributed by atoms with van der Waals surface area (Å²) in [6, 6.07) is 11.2. The molecule has 1 saturated heterocycles. The Morgan fingerprint density at radius 2 is 1.83 bits per heavy atom. The van der Waals surface area contributed by atoms with E-state index >= 15 is 0 Å². The molecule has 2 aromatic carbocycles. The van der Waals surface area contributed by atoms with Gasteiger partial charge in [-0.05, 0) is 63.0 Å². The Morgan fingerprint density at radius 1 is 1.11 bits per heavy atom. The number of ether oxygens (including phenoxy) is 3. The Bertz CT molecular complexity index is 1110. The largest absolute Gasteiger partial charge is 0.507 e. The lowest BCUT2D eigenvalue weighted by atomic mass is 9.95. The maximum absolute atomic E-state index is 13.2. The van der Waals surface area contributed by atoms with Crippen LogP contribution in [0.25, 0.3) is 5.76 Å². The highest BCUT2D eigenvalue weighted by Crippen LogP contribution is 2.42. The van der Waals surface area contributed by atoms with Crippen molar-refractivity contribution in [1.29, 1.82) is 0 Å². The first-order chi connectivity index (χ1) is 16.8. The molecule has 2 aromatic rings. The van der Waals surface area contributed by atoms with Gasteiger partial charge in [0, 0.05) is 18.7 Å². The van der Waals surface area contributed by atoms with E-state index < -0.39 is 17.7 Å². The van der Waals surface area contributed by atoms with Crippen LogP contribution in [-0.2, 0) is 9.59 Å². The predicted molar refractivity (Wildman–Crippen MR) is 134 cm³/mol. The number of carbonyl (C=O) groups excluding carboxylic acids is 2. The van der Waals surface area contributed by atoms with Crippen LogP contribution in [0.5, 0.6) is 17.2 Å². The third kappa shape index (κ3) is 5.66. The van der Waals surface area contributed by atoms with Gasteiger partial charge in [0.2, 0.25) is 0 Å². The molecule has 186 valence electrons. The zero-order valence-corrected chi connectivity index (χ0v) is 20.6. The molecule has 0 bridgehead atoms. The van der Waals surface area contributed by atoms with Gasteiger partial charge in [-0.3, -0.25) is 9.59 Å². The van der Waals surface area contributed by atoms with Gasteiger partial charge in [-0.2, -0.15) is 0 Å². The van der Waals surface area contributed by atoms with Crippen LogP contribution < -0.4 is 14.2 Å². The summed E-state index contributed by atoms with van der Waals surface area (Å²) in [7, 11) is 5.33. The van der Waals surface area contributed by atoms with Gasteiger partial charge in [0.1, 0.15) is 18.1 Å². The fraction of sp³-hybridized carbons (Fsp3) is 0.333. The zero-order chi connectivity index (χ0) is 25.5. The van der Waals surface area contributed by atoms with E-state index in [0.717, 1.165) is 0 Å². The van der Waals surface area contributed by atoms with Crippen molar-refractivity contribution in [3.05, 3.63) is 71.8 Å². The van der Waals surface area contributed by atoms with Crippen LogP contribution in [0.3, 0.4) is 0 Å². The number of ketones is 1. The molecule has 1 aliphatic rings. The molecule has 1 N–H and O–H groups in total. The van der Waals surface area contributed by atoms with Crippen LogP contribution in [0.1, 0.15) is 24.1 Å². The van der Waals surface area contributed by atoms with Crippen molar-refractivity contribution < 1.29 is 28.9 Å². The second kappa shape index (κ2) is 11.6. The fourth-order valence-electron chi connectivity index (χ4n) is 3.90. The molecule has 0 spiro atoms. The number of hydrogen-bond acceptors (Lipinski definition) is 7. The van der Waals surface area contributed by atoms with Crippen molar-refractivity contribution in [1.82, 2.24) is 9.80 Å². The summed E-state index contributed by atoms with van der Waals surface area (Å²) in [4.78, 5) is 29.7. The molecule has 8 heteroatoms. The van der Waals surface area contributed by atoms with Crippen LogP contribution in [0, 0.1) is 0 Å². The standard InChI is InChI=1S/C27H32N2O6/c1-6-16-35-21-13-10-19(17-22(21)34-7-2)24-23(25(30)18-8-11-20(33-5)12-9-18)26(31)27(32)29(24)15-14-28(3)4/h6,8-13,17,24,30H,1,7,14-16H2,2-5H3/b25-23+. The van der Waals surface area contributed by atoms with Gasteiger partial charge in [0.05, 0.1) is 25.3 Å². The van der Waals surface area contributed by atoms with E-state index in [9.17, 15) is 14.7 Å². The smallest absolute Gasteiger partial charge is 0.295 e. The summed E-state index contributed by atoms with van der Waals surface area (Å²) in [6.45, 7) is 7.09. The first-order valence-electron chi connectivity index (χ1n) is 11.4. The SMILES string of the molecule is C=CCOc1ccc(C2/C(=C(\O)c3ccc(OC)cc3)C(=O)C(=O)N2CCN(C)C)cc1OCC. The van der Waals surface area contributed by atoms with Crippen molar-refractivity contribution in [2.45, 2.75) is 13.0 Å². The number of carbonyl (C=O) groups is 2. The number of aliphatic hydroxyl groups excluding tert-OH is 1. The maximum Gasteiger partial charge on any atom is 0.295 e. The molecule has 8 nitrogen and oxygen atoms in total. The van der Waals surface area contributed by atoms with E-state index in [1.807, 2.05) is 25.9 Å². The zero-order valence-electron chi connectivity index (χ0n) is 20.6. The summed E-state index contributed by atoms with van der Waals surface area (Å²) < 4.78 is 16.7. The van der Waals surface area contributed by atoms with Gasteiger partial charge in [-0.15, -0.1) is 0 Å². The average molecular weight is 481 g/mol. The second-order valence-electron chi connectivity index (χ2n) is 8.26. The van der Waals surface area contributed by atoms with Gasteiger partial charge >= 0.3 is 0 Å². The number of rotatable bonds is 11. The van der Waals surface area contributed by atoms with Crippen LogP contribution >= 0.6 is 0 Å². The minimum Gasteiger partial charge on any atom is -0.507 e. The van der Waals surface area contributed by atoms with Crippen molar-refractivity contribution in [2.24, 2.45) is 0 Å². The highest BCUT2D eigenvalue weighted by molar-refractivity contribution is 6.46. The summed E-state index contributed by atoms with van der Waals surface area (Å²) in [5.41, 5.74) is 1.07. The number of amides is 1. The van der Waals surface area contributed by atoms with Gasteiger partial charge in [0.15, 0.2) is 11.5 Å². The van der Waals surface area contributed by atoms with Crippen LogP contribution in [0.15, 0.2) is 60.7 Å². The van der Waals surface area contributed by atoms with Gasteiger partial charge < -0.3 is 29.1 Å². The summed E-state index contributed by atoms with van der Waals surface area (Å²) in [6.07, 6.45) is 1.63. The molecule has 0 aliphatic carbocycles. The van der Waals surface area contributed by atoms with E-state index in [4.69, 9.17) is 14.2 Å². The van der Waals surface area contributed by atoms with Crippen LogP contribution in [0.4, 0.5) is 0 Å². The first-order valence-corrected chi connectivity index (χ1v) is 11.4. The summed E-state index contributed by atoms with van der Waals surface area (Å²) in [5.74, 6) is -0.0106. The molecule has 1 fully saturated rings. The molecule has 3 rings (SSSR count). The van der Waals surface area contributed by atoms with Crippen LogP contribution in [-0.4, -0.2) is 74.1 Å². The normalized spacial score (nSPS) is 17.1. The Balaban J connectivity index is 2.15. The molecule has 1 atom stereocenters. The topological polar surface area (TPSA) is 88.5 Å². The molecule has 1 heterocycles. The maximum atomic E-state index is 13.2. The lowest BCUT2D eigenvalue weighted by molar-refractivity contribution is -0.140. The molecule has 1 unspecified atom stereocenters. The molecular weight excluding hydrogens is 448 g/mol. The molecule has 1 aliphatic heterocycles. The minimum atomic E-state index is -0.787. The number of methoxy groups -OCH3 is 1. The van der Waals surface area contributed by atoms with E-state index in [1.54, 1.807) is 55.7 Å². The third-order valence-corrected chi connectivity index (χ3v) is 5.63. The van der Waals surface area contributed by atoms with E-state index in [0.29, 0.717) is 54.7 Å². The first kappa shape index (κ1) is 25.8. The number of Topliss-reactive ketones (excluding diaryl/α,β-unsaturated/α-hetero) is 1. The number of likely N-dealkylation sites (N-methyl/N-ethyl adjacent to an activating group) is 1. The number of nitrogens with zero attached hydrogens (tertiary/aromatic N) is 2. The fourth-order valence-corrected chi connectivity index (χ4v) is 3.90.